The van der Waals surface area contributed by atoms with Gasteiger partial charge in [-0.25, -0.2) is 9.59 Å². The first-order chi connectivity index (χ1) is 17.4. The third-order valence-corrected chi connectivity index (χ3v) is 5.15. The number of methoxy groups -OCH3 is 2. The van der Waals surface area contributed by atoms with Crippen LogP contribution in [0.2, 0.25) is 0 Å². The van der Waals surface area contributed by atoms with Crippen LogP contribution in [0.15, 0.2) is 18.2 Å². The van der Waals surface area contributed by atoms with E-state index in [2.05, 4.69) is 10.6 Å². The Morgan fingerprint density at radius 2 is 1.55 bits per heavy atom. The number of esters is 1. The zero-order valence-corrected chi connectivity index (χ0v) is 22.5. The van der Waals surface area contributed by atoms with E-state index in [1.54, 1.807) is 20.8 Å². The molecule has 0 atom stereocenters. The summed E-state index contributed by atoms with van der Waals surface area (Å²) >= 11 is 0. The number of ether oxygens (including phenoxy) is 4. The van der Waals surface area contributed by atoms with Crippen molar-refractivity contribution in [3.05, 3.63) is 29.3 Å². The molecule has 0 saturated carbocycles. The Hall–Kier alpha value is -3.19. The molecule has 13 heteroatoms. The van der Waals surface area contributed by atoms with Gasteiger partial charge in [0.25, 0.3) is 11.7 Å². The average Bonchev–Trinajstić information content (AvgIpc) is 2.78. The lowest BCUT2D eigenvalue weighted by Gasteiger charge is -2.28. The summed E-state index contributed by atoms with van der Waals surface area (Å²) in [6, 6.07) is 4.12. The molecule has 0 radical (unpaired) electrons. The van der Waals surface area contributed by atoms with E-state index in [-0.39, 0.29) is 23.4 Å². The summed E-state index contributed by atoms with van der Waals surface area (Å²) in [7, 11) is 2.36. The Labute approximate surface area is 219 Å². The van der Waals surface area contributed by atoms with E-state index in [1.165, 1.54) is 46.3 Å². The molecule has 2 amide bonds. The van der Waals surface area contributed by atoms with Crippen LogP contribution in [0.4, 0.5) is 23.7 Å². The molecule has 10 nitrogen and oxygen atoms in total. The van der Waals surface area contributed by atoms with E-state index in [1.807, 2.05) is 0 Å². The number of hydrogen-bond donors (Lipinski definition) is 2. The number of amides is 2. The Morgan fingerprint density at radius 3 is 2.05 bits per heavy atom. The van der Waals surface area contributed by atoms with Gasteiger partial charge in [0.15, 0.2) is 0 Å². The molecule has 214 valence electrons. The predicted molar refractivity (Wildman–Crippen MR) is 130 cm³/mol. The number of carbonyl (C=O) groups excluding carboxylic acids is 4. The van der Waals surface area contributed by atoms with Crippen molar-refractivity contribution in [2.24, 2.45) is 0 Å². The molecule has 0 spiro atoms. The minimum atomic E-state index is -4.41. The van der Waals surface area contributed by atoms with Gasteiger partial charge in [0.05, 0.1) is 12.0 Å². The molecule has 0 aromatic heterocycles. The Morgan fingerprint density at radius 1 is 0.947 bits per heavy atom. The first-order valence-corrected chi connectivity index (χ1v) is 11.6. The van der Waals surface area contributed by atoms with Crippen LogP contribution >= 0.6 is 0 Å². The summed E-state index contributed by atoms with van der Waals surface area (Å²) in [5, 5.41) is 4.95. The van der Waals surface area contributed by atoms with Crippen molar-refractivity contribution in [2.45, 2.75) is 83.6 Å². The van der Waals surface area contributed by atoms with Crippen LogP contribution in [0.5, 0.6) is 0 Å². The highest BCUT2D eigenvalue weighted by atomic mass is 19.4. The van der Waals surface area contributed by atoms with E-state index in [0.717, 1.165) is 0 Å². The molecule has 2 N–H and O–H groups in total. The molecule has 0 saturated heterocycles. The fourth-order valence-electron chi connectivity index (χ4n) is 3.13. The van der Waals surface area contributed by atoms with Gasteiger partial charge in [-0.3, -0.25) is 4.79 Å². The van der Waals surface area contributed by atoms with Gasteiger partial charge < -0.3 is 34.4 Å². The predicted octanol–water partition coefficient (Wildman–Crippen LogP) is 4.51. The summed E-state index contributed by atoms with van der Waals surface area (Å²) in [5.74, 6) is -3.44. The van der Waals surface area contributed by atoms with Gasteiger partial charge in [-0.1, -0.05) is 0 Å². The molecule has 1 rings (SSSR count). The van der Waals surface area contributed by atoms with Crippen molar-refractivity contribution < 1.29 is 51.3 Å². The fraction of sp³-hybridized carbons (Fsp3) is 0.600. The van der Waals surface area contributed by atoms with Crippen LogP contribution in [-0.4, -0.2) is 61.6 Å². The van der Waals surface area contributed by atoms with Gasteiger partial charge in [-0.2, -0.15) is 13.2 Å². The Balaban J connectivity index is 3.20. The zero-order valence-electron chi connectivity index (χ0n) is 22.5. The number of alkyl carbamates (subject to hydrolysis) is 1. The highest BCUT2D eigenvalue weighted by Crippen LogP contribution is 2.28. The summed E-state index contributed by atoms with van der Waals surface area (Å²) in [6.45, 7) is 7.44. The second kappa shape index (κ2) is 13.1. The van der Waals surface area contributed by atoms with E-state index >= 15 is 0 Å². The maximum Gasteiger partial charge on any atom is 0.407 e. The van der Waals surface area contributed by atoms with Crippen molar-refractivity contribution in [3.63, 3.8) is 0 Å². The number of anilines is 1. The van der Waals surface area contributed by atoms with E-state index in [4.69, 9.17) is 18.9 Å². The standard InChI is InChI=1S/C25H35F3N2O8/c1-22(2,3)37-19(32)16-8-9-18(30-20(33)24(35-6,36-7)12-13-31)17(14-16)15-29-21(34)38-23(4,5)10-11-25(26,27)28/h8-9,13-14H,10-12,15H2,1-7H3,(H,29,34)(H,30,33). The number of halogens is 3. The minimum absolute atomic E-state index is 0.103. The molecule has 0 aliphatic heterocycles. The van der Waals surface area contributed by atoms with Crippen LogP contribution in [0.1, 0.15) is 69.8 Å². The molecule has 0 heterocycles. The molecule has 0 aliphatic rings. The lowest BCUT2D eigenvalue weighted by Crippen LogP contribution is -2.47. The average molecular weight is 549 g/mol. The van der Waals surface area contributed by atoms with E-state index in [9.17, 15) is 32.3 Å². The van der Waals surface area contributed by atoms with Gasteiger partial charge in [-0.15, -0.1) is 0 Å². The van der Waals surface area contributed by atoms with Gasteiger partial charge in [0.2, 0.25) is 0 Å². The van der Waals surface area contributed by atoms with Crippen molar-refractivity contribution >= 4 is 29.9 Å². The quantitative estimate of drug-likeness (QED) is 0.222. The number of alkyl halides is 3. The fourth-order valence-corrected chi connectivity index (χ4v) is 3.13. The summed E-state index contributed by atoms with van der Waals surface area (Å²) in [6.07, 6.45) is -6.99. The molecule has 0 unspecified atom stereocenters. The van der Waals surface area contributed by atoms with Crippen molar-refractivity contribution in [1.82, 2.24) is 5.32 Å². The van der Waals surface area contributed by atoms with Gasteiger partial charge >= 0.3 is 18.2 Å². The molecule has 0 bridgehead atoms. The number of hydrogen-bond acceptors (Lipinski definition) is 8. The van der Waals surface area contributed by atoms with Gasteiger partial charge in [-0.05, 0) is 64.8 Å². The molecule has 0 aliphatic carbocycles. The second-order valence-corrected chi connectivity index (χ2v) is 9.98. The molecular weight excluding hydrogens is 513 g/mol. The van der Waals surface area contributed by atoms with Crippen LogP contribution in [0.3, 0.4) is 0 Å². The highest BCUT2D eigenvalue weighted by molar-refractivity contribution is 5.99. The Kier molecular flexibility index (Phi) is 11.3. The number of benzene rings is 1. The van der Waals surface area contributed by atoms with E-state index in [0.29, 0.717) is 6.29 Å². The Bertz CT molecular complexity index is 999. The van der Waals surface area contributed by atoms with Crippen LogP contribution in [0, 0.1) is 0 Å². The zero-order chi connectivity index (χ0) is 29.4. The van der Waals surface area contributed by atoms with Gasteiger partial charge in [0.1, 0.15) is 17.5 Å². The second-order valence-electron chi connectivity index (χ2n) is 9.98. The van der Waals surface area contributed by atoms with Crippen LogP contribution in [-0.2, 0) is 35.1 Å². The lowest BCUT2D eigenvalue weighted by atomic mass is 10.0. The first kappa shape index (κ1) is 32.8. The third-order valence-electron chi connectivity index (χ3n) is 5.15. The molecule has 1 aromatic rings. The topological polar surface area (TPSA) is 129 Å². The number of carbonyl (C=O) groups is 4. The summed E-state index contributed by atoms with van der Waals surface area (Å²) < 4.78 is 58.4. The van der Waals surface area contributed by atoms with E-state index < -0.39 is 60.4 Å². The smallest absolute Gasteiger partial charge is 0.407 e. The summed E-state index contributed by atoms with van der Waals surface area (Å²) in [4.78, 5) is 48.9. The van der Waals surface area contributed by atoms with Crippen LogP contribution < -0.4 is 10.6 Å². The van der Waals surface area contributed by atoms with Gasteiger partial charge in [0, 0.05) is 32.9 Å². The highest BCUT2D eigenvalue weighted by Gasteiger charge is 2.39. The van der Waals surface area contributed by atoms with Crippen molar-refractivity contribution in [3.8, 4) is 0 Å². The van der Waals surface area contributed by atoms with Crippen molar-refractivity contribution in [1.29, 1.82) is 0 Å². The first-order valence-electron chi connectivity index (χ1n) is 11.6. The van der Waals surface area contributed by atoms with Crippen LogP contribution in [0.25, 0.3) is 0 Å². The maximum absolute atomic E-state index is 12.9. The SMILES string of the molecule is COC(CC=O)(OC)C(=O)Nc1ccc(C(=O)OC(C)(C)C)cc1CNC(=O)OC(C)(C)CCC(F)(F)F. The number of nitrogens with one attached hydrogen (secondary N) is 2. The lowest BCUT2D eigenvalue weighted by molar-refractivity contribution is -0.205. The monoisotopic (exact) mass is 548 g/mol. The molecule has 1 aromatic carbocycles. The minimum Gasteiger partial charge on any atom is -0.456 e. The number of aldehydes is 1. The molecule has 0 fully saturated rings. The number of rotatable bonds is 12. The largest absolute Gasteiger partial charge is 0.456 e. The third kappa shape index (κ3) is 10.7. The molecular formula is C25H35F3N2O8. The maximum atomic E-state index is 12.9. The summed E-state index contributed by atoms with van der Waals surface area (Å²) in [5.41, 5.74) is -1.76. The normalized spacial score (nSPS) is 12.5. The van der Waals surface area contributed by atoms with Crippen molar-refractivity contribution in [2.75, 3.05) is 19.5 Å². The molecule has 38 heavy (non-hydrogen) atoms.